The third-order valence-corrected chi connectivity index (χ3v) is 5.37. The Morgan fingerprint density at radius 1 is 1.06 bits per heavy atom. The van der Waals surface area contributed by atoms with E-state index in [9.17, 15) is 4.79 Å². The number of benzene rings is 2. The second-order valence-electron chi connectivity index (χ2n) is 7.36. The standard InChI is InChI=1S/C22H22N6O2.ClH/c23-20-19-21(26-14-25-20)27(13-15-5-4-12-24-15)22(29)28(19)16-8-10-18(11-9-16)30-17-6-2-1-3-7-17;/h1-3,6-11,14-15,24H,4-5,12-13H2,(H2,23,25,26);1H. The number of rotatable bonds is 5. The quantitative estimate of drug-likeness (QED) is 0.496. The molecule has 0 radical (unpaired) electrons. The predicted molar refractivity (Wildman–Crippen MR) is 122 cm³/mol. The number of nitrogens with two attached hydrogens (primary N) is 1. The maximum absolute atomic E-state index is 13.3. The van der Waals surface area contributed by atoms with E-state index in [1.807, 2.05) is 54.6 Å². The lowest BCUT2D eigenvalue weighted by molar-refractivity contribution is 0.482. The lowest BCUT2D eigenvalue weighted by atomic mass is 10.2. The smallest absolute Gasteiger partial charge is 0.335 e. The number of imidazole rings is 1. The lowest BCUT2D eigenvalue weighted by Crippen LogP contribution is -2.32. The number of para-hydroxylation sites is 1. The lowest BCUT2D eigenvalue weighted by Gasteiger charge is -2.10. The van der Waals surface area contributed by atoms with Crippen molar-refractivity contribution in [3.8, 4) is 17.2 Å². The van der Waals surface area contributed by atoms with Crippen LogP contribution in [0.2, 0.25) is 0 Å². The molecule has 3 heterocycles. The molecule has 2 aromatic carbocycles. The molecule has 0 amide bonds. The zero-order valence-electron chi connectivity index (χ0n) is 16.8. The van der Waals surface area contributed by atoms with Gasteiger partial charge in [-0.3, -0.25) is 9.13 Å². The molecule has 1 saturated heterocycles. The summed E-state index contributed by atoms with van der Waals surface area (Å²) in [4.78, 5) is 21.8. The molecule has 1 atom stereocenters. The van der Waals surface area contributed by atoms with Gasteiger partial charge in [0, 0.05) is 12.6 Å². The number of nitrogens with zero attached hydrogens (tertiary/aromatic N) is 4. The summed E-state index contributed by atoms with van der Waals surface area (Å²) < 4.78 is 9.11. The molecule has 0 aliphatic carbocycles. The molecule has 1 aliphatic rings. The highest BCUT2D eigenvalue weighted by atomic mass is 35.5. The van der Waals surface area contributed by atoms with Crippen LogP contribution in [0.25, 0.3) is 16.9 Å². The Balaban J connectivity index is 0.00000231. The van der Waals surface area contributed by atoms with Crippen molar-refractivity contribution < 1.29 is 4.74 Å². The van der Waals surface area contributed by atoms with Crippen LogP contribution in [0.15, 0.2) is 65.7 Å². The number of ether oxygens (including phenoxy) is 1. The molecule has 1 aliphatic heterocycles. The largest absolute Gasteiger partial charge is 0.457 e. The first-order valence-corrected chi connectivity index (χ1v) is 9.99. The van der Waals surface area contributed by atoms with Crippen molar-refractivity contribution in [2.45, 2.75) is 25.4 Å². The number of nitrogen functional groups attached to an aromatic ring is 1. The van der Waals surface area contributed by atoms with Crippen LogP contribution in [0, 0.1) is 0 Å². The van der Waals surface area contributed by atoms with Gasteiger partial charge in [0.1, 0.15) is 23.3 Å². The zero-order valence-corrected chi connectivity index (χ0v) is 17.6. The Labute approximate surface area is 185 Å². The molecule has 31 heavy (non-hydrogen) atoms. The van der Waals surface area contributed by atoms with E-state index in [-0.39, 0.29) is 30.0 Å². The highest BCUT2D eigenvalue weighted by Gasteiger charge is 2.22. The topological polar surface area (TPSA) is 100.0 Å². The van der Waals surface area contributed by atoms with Gasteiger partial charge in [-0.05, 0) is 55.8 Å². The van der Waals surface area contributed by atoms with Gasteiger partial charge in [-0.1, -0.05) is 18.2 Å². The summed E-state index contributed by atoms with van der Waals surface area (Å²) in [6.45, 7) is 1.52. The number of hydrogen-bond acceptors (Lipinski definition) is 6. The van der Waals surface area contributed by atoms with Gasteiger partial charge in [0.25, 0.3) is 0 Å². The molecule has 1 fully saturated rings. The highest BCUT2D eigenvalue weighted by Crippen LogP contribution is 2.25. The minimum absolute atomic E-state index is 0. The summed E-state index contributed by atoms with van der Waals surface area (Å²) in [7, 11) is 0. The van der Waals surface area contributed by atoms with Gasteiger partial charge in [0.15, 0.2) is 11.5 Å². The molecular weight excluding hydrogens is 416 g/mol. The van der Waals surface area contributed by atoms with Crippen molar-refractivity contribution in [3.63, 3.8) is 0 Å². The fourth-order valence-electron chi connectivity index (χ4n) is 3.93. The normalized spacial score (nSPS) is 15.7. The minimum atomic E-state index is -0.178. The average molecular weight is 439 g/mol. The molecule has 9 heteroatoms. The van der Waals surface area contributed by atoms with Crippen LogP contribution >= 0.6 is 12.4 Å². The molecule has 3 N–H and O–H groups in total. The maximum atomic E-state index is 13.3. The van der Waals surface area contributed by atoms with Crippen molar-refractivity contribution in [1.29, 1.82) is 0 Å². The number of aromatic nitrogens is 4. The van der Waals surface area contributed by atoms with Crippen LogP contribution in [-0.2, 0) is 6.54 Å². The summed E-state index contributed by atoms with van der Waals surface area (Å²) in [6.07, 6.45) is 3.54. The van der Waals surface area contributed by atoms with Crippen LogP contribution in [0.1, 0.15) is 12.8 Å². The van der Waals surface area contributed by atoms with E-state index in [0.29, 0.717) is 29.1 Å². The average Bonchev–Trinajstić information content (AvgIpc) is 3.38. The Morgan fingerprint density at radius 3 is 2.52 bits per heavy atom. The second-order valence-corrected chi connectivity index (χ2v) is 7.36. The van der Waals surface area contributed by atoms with E-state index in [0.717, 1.165) is 25.1 Å². The fraction of sp³-hybridized carbons (Fsp3) is 0.227. The van der Waals surface area contributed by atoms with E-state index in [1.165, 1.54) is 6.33 Å². The van der Waals surface area contributed by atoms with E-state index in [1.54, 1.807) is 9.13 Å². The monoisotopic (exact) mass is 438 g/mol. The number of nitrogens with one attached hydrogen (secondary N) is 1. The number of anilines is 1. The van der Waals surface area contributed by atoms with Crippen LogP contribution in [0.5, 0.6) is 11.5 Å². The summed E-state index contributed by atoms with van der Waals surface area (Å²) in [5, 5.41) is 3.43. The SMILES string of the molecule is Cl.Nc1ncnc2c1n(-c1ccc(Oc3ccccc3)cc1)c(=O)n2CC1CCCN1. The first-order valence-electron chi connectivity index (χ1n) is 9.99. The second kappa shape index (κ2) is 8.79. The molecule has 0 bridgehead atoms. The van der Waals surface area contributed by atoms with E-state index in [4.69, 9.17) is 10.5 Å². The Kier molecular flexibility index (Phi) is 5.92. The molecule has 0 spiro atoms. The number of halogens is 1. The van der Waals surface area contributed by atoms with Gasteiger partial charge in [-0.25, -0.2) is 14.8 Å². The van der Waals surface area contributed by atoms with Gasteiger partial charge in [-0.2, -0.15) is 0 Å². The molecule has 4 aromatic rings. The van der Waals surface area contributed by atoms with Crippen LogP contribution in [0.3, 0.4) is 0 Å². The molecule has 1 unspecified atom stereocenters. The molecule has 0 saturated carbocycles. The van der Waals surface area contributed by atoms with Crippen molar-refractivity contribution in [2.75, 3.05) is 12.3 Å². The molecular formula is C22H23ClN6O2. The molecule has 2 aromatic heterocycles. The molecule has 8 nitrogen and oxygen atoms in total. The van der Waals surface area contributed by atoms with Crippen LogP contribution < -0.4 is 21.5 Å². The third kappa shape index (κ3) is 3.99. The first-order chi connectivity index (χ1) is 14.7. The first kappa shape index (κ1) is 20.9. The van der Waals surface area contributed by atoms with E-state index >= 15 is 0 Å². The number of hydrogen-bond donors (Lipinski definition) is 2. The van der Waals surface area contributed by atoms with Crippen LogP contribution in [-0.4, -0.2) is 31.7 Å². The van der Waals surface area contributed by atoms with Gasteiger partial charge in [-0.15, -0.1) is 12.4 Å². The van der Waals surface area contributed by atoms with Gasteiger partial charge < -0.3 is 15.8 Å². The summed E-state index contributed by atoms with van der Waals surface area (Å²) in [5.41, 5.74) is 7.73. The fourth-order valence-corrected chi connectivity index (χ4v) is 3.93. The third-order valence-electron chi connectivity index (χ3n) is 5.37. The minimum Gasteiger partial charge on any atom is -0.457 e. The van der Waals surface area contributed by atoms with E-state index < -0.39 is 0 Å². The summed E-state index contributed by atoms with van der Waals surface area (Å²) in [5.74, 6) is 1.71. The van der Waals surface area contributed by atoms with Gasteiger partial charge in [0.2, 0.25) is 0 Å². The zero-order chi connectivity index (χ0) is 20.5. The maximum Gasteiger partial charge on any atom is 0.335 e. The Bertz CT molecular complexity index is 1230. The summed E-state index contributed by atoms with van der Waals surface area (Å²) in [6, 6.07) is 17.1. The molecule has 5 rings (SSSR count). The van der Waals surface area contributed by atoms with E-state index in [2.05, 4.69) is 15.3 Å². The van der Waals surface area contributed by atoms with Crippen molar-refractivity contribution in [1.82, 2.24) is 24.4 Å². The van der Waals surface area contributed by atoms with Gasteiger partial charge >= 0.3 is 5.69 Å². The van der Waals surface area contributed by atoms with Gasteiger partial charge in [0.05, 0.1) is 5.69 Å². The Morgan fingerprint density at radius 2 is 1.81 bits per heavy atom. The predicted octanol–water partition coefficient (Wildman–Crippen LogP) is 3.13. The number of fused-ring (bicyclic) bond motifs is 1. The van der Waals surface area contributed by atoms with Crippen molar-refractivity contribution in [2.24, 2.45) is 0 Å². The summed E-state index contributed by atoms with van der Waals surface area (Å²) >= 11 is 0. The highest BCUT2D eigenvalue weighted by molar-refractivity contribution is 5.85. The Hall–Kier alpha value is -3.36. The van der Waals surface area contributed by atoms with Crippen molar-refractivity contribution >= 4 is 29.4 Å². The molecule has 160 valence electrons. The van der Waals surface area contributed by atoms with Crippen LogP contribution in [0.4, 0.5) is 5.82 Å². The van der Waals surface area contributed by atoms with Crippen molar-refractivity contribution in [3.05, 3.63) is 71.4 Å².